The van der Waals surface area contributed by atoms with Crippen molar-refractivity contribution < 1.29 is 9.59 Å². The first kappa shape index (κ1) is 20.4. The molecule has 3 rings (SSSR count). The number of hydrogen-bond acceptors (Lipinski definition) is 4. The maximum Gasteiger partial charge on any atom is 0.256 e. The molecule has 1 aliphatic carbocycles. The average Bonchev–Trinajstić information content (AvgIpc) is 3.18. The minimum Gasteiger partial charge on any atom is -0.332 e. The van der Waals surface area contributed by atoms with Gasteiger partial charge in [0.1, 0.15) is 5.03 Å². The van der Waals surface area contributed by atoms with Crippen molar-refractivity contribution in [3.63, 3.8) is 0 Å². The van der Waals surface area contributed by atoms with E-state index in [2.05, 4.69) is 10.3 Å². The zero-order chi connectivity index (χ0) is 20.1. The molecule has 0 aliphatic heterocycles. The van der Waals surface area contributed by atoms with E-state index < -0.39 is 0 Å². The summed E-state index contributed by atoms with van der Waals surface area (Å²) < 4.78 is 0. The van der Waals surface area contributed by atoms with E-state index in [9.17, 15) is 9.59 Å². The first-order valence-corrected chi connectivity index (χ1v) is 10.6. The van der Waals surface area contributed by atoms with Crippen LogP contribution in [0.5, 0.6) is 0 Å². The number of para-hydroxylation sites is 1. The molecule has 28 heavy (non-hydrogen) atoms. The summed E-state index contributed by atoms with van der Waals surface area (Å²) in [6, 6.07) is 9.45. The molecule has 148 valence electrons. The van der Waals surface area contributed by atoms with Crippen LogP contribution in [-0.2, 0) is 4.79 Å². The van der Waals surface area contributed by atoms with Crippen LogP contribution >= 0.6 is 11.8 Å². The number of rotatable bonds is 6. The smallest absolute Gasteiger partial charge is 0.256 e. The topological polar surface area (TPSA) is 62.3 Å². The van der Waals surface area contributed by atoms with E-state index in [-0.39, 0.29) is 18.4 Å². The number of benzene rings is 1. The Bertz CT molecular complexity index is 842. The van der Waals surface area contributed by atoms with Crippen molar-refractivity contribution in [1.29, 1.82) is 0 Å². The number of anilines is 1. The Morgan fingerprint density at radius 1 is 1.14 bits per heavy atom. The van der Waals surface area contributed by atoms with E-state index in [0.717, 1.165) is 21.8 Å². The maximum absolute atomic E-state index is 13.0. The Balaban J connectivity index is 1.66. The van der Waals surface area contributed by atoms with Crippen LogP contribution in [0.3, 0.4) is 0 Å². The molecule has 0 saturated heterocycles. The Kier molecular flexibility index (Phi) is 6.73. The van der Waals surface area contributed by atoms with Crippen molar-refractivity contribution in [2.45, 2.75) is 49.8 Å². The Hall–Kier alpha value is -2.34. The third kappa shape index (κ3) is 4.93. The Morgan fingerprint density at radius 2 is 1.82 bits per heavy atom. The molecule has 6 heteroatoms. The van der Waals surface area contributed by atoms with Gasteiger partial charge in [0.05, 0.1) is 12.1 Å². The van der Waals surface area contributed by atoms with Gasteiger partial charge in [0.2, 0.25) is 5.91 Å². The molecular formula is C22H27N3O2S. The van der Waals surface area contributed by atoms with E-state index in [4.69, 9.17) is 0 Å². The number of carbonyl (C=O) groups is 2. The van der Waals surface area contributed by atoms with E-state index in [1.165, 1.54) is 30.6 Å². The molecule has 1 saturated carbocycles. The normalized spacial score (nSPS) is 14.1. The molecule has 1 N–H and O–H groups in total. The lowest BCUT2D eigenvalue weighted by molar-refractivity contribution is -0.116. The lowest BCUT2D eigenvalue weighted by Gasteiger charge is -2.20. The van der Waals surface area contributed by atoms with Gasteiger partial charge in [-0.3, -0.25) is 9.59 Å². The van der Waals surface area contributed by atoms with Crippen LogP contribution in [0, 0.1) is 13.8 Å². The van der Waals surface area contributed by atoms with Gasteiger partial charge >= 0.3 is 0 Å². The number of aromatic nitrogens is 1. The second kappa shape index (κ2) is 9.24. The number of hydrogen-bond donors (Lipinski definition) is 1. The molecule has 0 atom stereocenters. The highest BCUT2D eigenvalue weighted by Crippen LogP contribution is 2.35. The minimum absolute atomic E-state index is 0.00492. The van der Waals surface area contributed by atoms with Gasteiger partial charge < -0.3 is 10.2 Å². The fourth-order valence-electron chi connectivity index (χ4n) is 3.49. The zero-order valence-electron chi connectivity index (χ0n) is 16.7. The van der Waals surface area contributed by atoms with Crippen molar-refractivity contribution in [3.8, 4) is 0 Å². The third-order valence-electron chi connectivity index (χ3n) is 5.06. The van der Waals surface area contributed by atoms with Crippen molar-refractivity contribution in [2.75, 3.05) is 18.9 Å². The van der Waals surface area contributed by atoms with Gasteiger partial charge in [-0.1, -0.05) is 31.0 Å². The van der Waals surface area contributed by atoms with Crippen LogP contribution < -0.4 is 5.32 Å². The molecule has 0 unspecified atom stereocenters. The molecule has 1 fully saturated rings. The molecule has 1 aromatic heterocycles. The highest BCUT2D eigenvalue weighted by atomic mass is 32.2. The number of nitrogens with one attached hydrogen (secondary N) is 1. The fourth-order valence-corrected chi connectivity index (χ4v) is 4.78. The van der Waals surface area contributed by atoms with Gasteiger partial charge in [-0.25, -0.2) is 4.98 Å². The molecular weight excluding hydrogens is 370 g/mol. The monoisotopic (exact) mass is 397 g/mol. The first-order chi connectivity index (χ1) is 13.5. The number of thioether (sulfide) groups is 1. The Morgan fingerprint density at radius 3 is 2.50 bits per heavy atom. The van der Waals surface area contributed by atoms with Crippen LogP contribution in [-0.4, -0.2) is 40.5 Å². The van der Waals surface area contributed by atoms with E-state index in [0.29, 0.717) is 10.8 Å². The van der Waals surface area contributed by atoms with Crippen molar-refractivity contribution in [1.82, 2.24) is 9.88 Å². The molecule has 0 bridgehead atoms. The standard InChI is InChI=1S/C22H27N3O2S/c1-15-8-6-9-16(2)20(15)24-19(26)14-25(3)22(27)18-12-7-13-23-21(18)28-17-10-4-5-11-17/h6-9,12-13,17H,4-5,10-11,14H2,1-3H3,(H,24,26). The van der Waals surface area contributed by atoms with E-state index >= 15 is 0 Å². The second-order valence-corrected chi connectivity index (χ2v) is 8.65. The highest BCUT2D eigenvalue weighted by molar-refractivity contribution is 7.99. The zero-order valence-corrected chi connectivity index (χ0v) is 17.5. The molecule has 0 spiro atoms. The summed E-state index contributed by atoms with van der Waals surface area (Å²) in [4.78, 5) is 31.3. The molecule has 5 nitrogen and oxygen atoms in total. The van der Waals surface area contributed by atoms with E-state index in [1.54, 1.807) is 37.1 Å². The molecule has 2 amide bonds. The van der Waals surface area contributed by atoms with Crippen LogP contribution in [0.4, 0.5) is 5.69 Å². The van der Waals surface area contributed by atoms with Gasteiger partial charge in [-0.15, -0.1) is 11.8 Å². The summed E-state index contributed by atoms with van der Waals surface area (Å²) in [5.41, 5.74) is 3.39. The first-order valence-electron chi connectivity index (χ1n) is 9.69. The fraction of sp³-hybridized carbons (Fsp3) is 0.409. The molecule has 0 radical (unpaired) electrons. The van der Waals surface area contributed by atoms with Crippen LogP contribution in [0.2, 0.25) is 0 Å². The number of aryl methyl sites for hydroxylation is 2. The van der Waals surface area contributed by atoms with Gasteiger partial charge in [0.25, 0.3) is 5.91 Å². The largest absolute Gasteiger partial charge is 0.332 e. The maximum atomic E-state index is 13.0. The van der Waals surface area contributed by atoms with Crippen molar-refractivity contribution in [3.05, 3.63) is 53.2 Å². The SMILES string of the molecule is Cc1cccc(C)c1NC(=O)CN(C)C(=O)c1cccnc1SC1CCCC1. The third-order valence-corrected chi connectivity index (χ3v) is 6.41. The molecule has 1 aliphatic rings. The summed E-state index contributed by atoms with van der Waals surface area (Å²) >= 11 is 1.69. The van der Waals surface area contributed by atoms with Gasteiger partial charge in [0.15, 0.2) is 0 Å². The molecule has 2 aromatic rings. The summed E-state index contributed by atoms with van der Waals surface area (Å²) in [7, 11) is 1.66. The number of nitrogens with zero attached hydrogens (tertiary/aromatic N) is 2. The second-order valence-electron chi connectivity index (χ2n) is 7.36. The lowest BCUT2D eigenvalue weighted by Crippen LogP contribution is -2.35. The van der Waals surface area contributed by atoms with Gasteiger partial charge in [-0.2, -0.15) is 0 Å². The number of carbonyl (C=O) groups excluding carboxylic acids is 2. The summed E-state index contributed by atoms with van der Waals surface area (Å²) in [6.45, 7) is 3.91. The summed E-state index contributed by atoms with van der Waals surface area (Å²) in [5, 5.41) is 4.23. The Labute approximate surface area is 170 Å². The van der Waals surface area contributed by atoms with Crippen molar-refractivity contribution >= 4 is 29.3 Å². The van der Waals surface area contributed by atoms with Crippen LogP contribution in [0.1, 0.15) is 47.2 Å². The summed E-state index contributed by atoms with van der Waals surface area (Å²) in [6.07, 6.45) is 6.55. The van der Waals surface area contributed by atoms with Crippen LogP contribution in [0.15, 0.2) is 41.6 Å². The highest BCUT2D eigenvalue weighted by Gasteiger charge is 2.23. The van der Waals surface area contributed by atoms with Gasteiger partial charge in [-0.05, 0) is 49.9 Å². The summed E-state index contributed by atoms with van der Waals surface area (Å²) in [5.74, 6) is -0.382. The molecule has 1 aromatic carbocycles. The lowest BCUT2D eigenvalue weighted by atomic mass is 10.1. The predicted octanol–water partition coefficient (Wildman–Crippen LogP) is 4.44. The number of amides is 2. The number of likely N-dealkylation sites (N-methyl/N-ethyl adjacent to an activating group) is 1. The predicted molar refractivity (Wildman–Crippen MR) is 114 cm³/mol. The minimum atomic E-state index is -0.206. The van der Waals surface area contributed by atoms with Crippen LogP contribution in [0.25, 0.3) is 0 Å². The average molecular weight is 398 g/mol. The molecule has 1 heterocycles. The quantitative estimate of drug-likeness (QED) is 0.782. The van der Waals surface area contributed by atoms with Crippen molar-refractivity contribution in [2.24, 2.45) is 0 Å². The van der Waals surface area contributed by atoms with E-state index in [1.807, 2.05) is 32.0 Å². The van der Waals surface area contributed by atoms with Gasteiger partial charge in [0, 0.05) is 24.2 Å². The number of pyridine rings is 1.